The van der Waals surface area contributed by atoms with Crippen molar-refractivity contribution in [2.75, 3.05) is 12.8 Å². The summed E-state index contributed by atoms with van der Waals surface area (Å²) < 4.78 is 13.4. The van der Waals surface area contributed by atoms with Gasteiger partial charge in [-0.3, -0.25) is 0 Å². The molecule has 0 bridgehead atoms. The standard InChI is InChI=1S/C17H24FNS/c1-20-17(8-2-3-9-17)12-19-16-10-14(11-16)13-4-6-15(18)7-5-13/h4-7,14,16,19H,2-3,8-12H2,1H3. The third-order valence-corrected chi connectivity index (χ3v) is 6.56. The lowest BCUT2D eigenvalue weighted by Crippen LogP contribution is -2.46. The molecule has 0 aliphatic heterocycles. The molecule has 0 amide bonds. The lowest BCUT2D eigenvalue weighted by molar-refractivity contribution is 0.282. The summed E-state index contributed by atoms with van der Waals surface area (Å²) in [7, 11) is 0. The molecule has 0 heterocycles. The SMILES string of the molecule is CSC1(CNC2CC(c3ccc(F)cc3)C2)CCCC1. The van der Waals surface area contributed by atoms with Crippen molar-refractivity contribution in [3.05, 3.63) is 35.6 Å². The maximum absolute atomic E-state index is 12.9. The first-order chi connectivity index (χ1) is 9.71. The van der Waals surface area contributed by atoms with Crippen LogP contribution in [-0.4, -0.2) is 23.6 Å². The van der Waals surface area contributed by atoms with Gasteiger partial charge in [-0.15, -0.1) is 0 Å². The summed E-state index contributed by atoms with van der Waals surface area (Å²) in [5.74, 6) is 0.493. The van der Waals surface area contributed by atoms with Crippen molar-refractivity contribution < 1.29 is 4.39 Å². The molecule has 2 aliphatic carbocycles. The average molecular weight is 293 g/mol. The molecule has 1 N–H and O–H groups in total. The summed E-state index contributed by atoms with van der Waals surface area (Å²) in [5, 5.41) is 3.77. The Labute approximate surface area is 125 Å². The molecule has 3 rings (SSSR count). The van der Waals surface area contributed by atoms with Gasteiger partial charge in [-0.1, -0.05) is 25.0 Å². The maximum Gasteiger partial charge on any atom is 0.123 e. The highest BCUT2D eigenvalue weighted by Gasteiger charge is 2.36. The van der Waals surface area contributed by atoms with Gasteiger partial charge in [0.1, 0.15) is 5.82 Å². The third-order valence-electron chi connectivity index (χ3n) is 5.14. The second-order valence-electron chi connectivity index (χ2n) is 6.39. The van der Waals surface area contributed by atoms with Crippen LogP contribution in [0.5, 0.6) is 0 Å². The maximum atomic E-state index is 12.9. The second-order valence-corrected chi connectivity index (χ2v) is 7.67. The van der Waals surface area contributed by atoms with Gasteiger partial charge in [0, 0.05) is 17.3 Å². The summed E-state index contributed by atoms with van der Waals surface area (Å²) in [6, 6.07) is 7.71. The molecule has 0 spiro atoms. The zero-order valence-corrected chi connectivity index (χ0v) is 13.0. The minimum Gasteiger partial charge on any atom is -0.313 e. The van der Waals surface area contributed by atoms with E-state index in [-0.39, 0.29) is 5.82 Å². The molecule has 20 heavy (non-hydrogen) atoms. The van der Waals surface area contributed by atoms with E-state index in [0.29, 0.717) is 16.7 Å². The Hall–Kier alpha value is -0.540. The highest BCUT2D eigenvalue weighted by atomic mass is 32.2. The molecule has 1 nitrogen and oxygen atoms in total. The zero-order chi connectivity index (χ0) is 14.0. The molecule has 0 atom stereocenters. The lowest BCUT2D eigenvalue weighted by atomic mass is 9.75. The molecule has 2 aliphatic rings. The van der Waals surface area contributed by atoms with E-state index in [1.807, 2.05) is 12.1 Å². The van der Waals surface area contributed by atoms with Crippen LogP contribution >= 0.6 is 11.8 Å². The van der Waals surface area contributed by atoms with E-state index >= 15 is 0 Å². The molecule has 3 heteroatoms. The van der Waals surface area contributed by atoms with Crippen molar-refractivity contribution in [1.29, 1.82) is 0 Å². The van der Waals surface area contributed by atoms with Gasteiger partial charge in [0.15, 0.2) is 0 Å². The zero-order valence-electron chi connectivity index (χ0n) is 12.2. The lowest BCUT2D eigenvalue weighted by Gasteiger charge is -2.39. The van der Waals surface area contributed by atoms with E-state index in [1.54, 1.807) is 12.1 Å². The van der Waals surface area contributed by atoms with Crippen LogP contribution in [0.15, 0.2) is 24.3 Å². The molecule has 0 unspecified atom stereocenters. The summed E-state index contributed by atoms with van der Waals surface area (Å²) in [6.45, 7) is 1.16. The second kappa shape index (κ2) is 6.07. The van der Waals surface area contributed by atoms with E-state index in [2.05, 4.69) is 23.3 Å². The van der Waals surface area contributed by atoms with E-state index in [4.69, 9.17) is 0 Å². The minimum atomic E-state index is -0.133. The minimum absolute atomic E-state index is 0.133. The van der Waals surface area contributed by atoms with E-state index in [9.17, 15) is 4.39 Å². The highest BCUT2D eigenvalue weighted by molar-refractivity contribution is 8.00. The van der Waals surface area contributed by atoms with E-state index in [0.717, 1.165) is 6.54 Å². The normalized spacial score (nSPS) is 28.3. The molecular weight excluding hydrogens is 269 g/mol. The van der Waals surface area contributed by atoms with Crippen LogP contribution in [0.1, 0.15) is 50.0 Å². The van der Waals surface area contributed by atoms with Gasteiger partial charge in [-0.05, 0) is 55.6 Å². The predicted octanol–water partition coefficient (Wildman–Crippen LogP) is 4.34. The Balaban J connectivity index is 1.45. The molecule has 110 valence electrons. The Morgan fingerprint density at radius 2 is 1.85 bits per heavy atom. The number of thioether (sulfide) groups is 1. The van der Waals surface area contributed by atoms with Crippen LogP contribution in [0, 0.1) is 5.82 Å². The fourth-order valence-electron chi connectivity index (χ4n) is 3.59. The number of halogens is 1. The van der Waals surface area contributed by atoms with Crippen molar-refractivity contribution in [1.82, 2.24) is 5.32 Å². The van der Waals surface area contributed by atoms with Crippen molar-refractivity contribution in [3.63, 3.8) is 0 Å². The fourth-order valence-corrected chi connectivity index (χ4v) is 4.52. The first-order valence-corrected chi connectivity index (χ1v) is 8.97. The summed E-state index contributed by atoms with van der Waals surface area (Å²) >= 11 is 2.05. The van der Waals surface area contributed by atoms with Gasteiger partial charge in [0.25, 0.3) is 0 Å². The Morgan fingerprint density at radius 3 is 2.45 bits per heavy atom. The van der Waals surface area contributed by atoms with Crippen molar-refractivity contribution in [2.24, 2.45) is 0 Å². The predicted molar refractivity (Wildman–Crippen MR) is 84.9 cm³/mol. The Kier molecular flexibility index (Phi) is 4.37. The van der Waals surface area contributed by atoms with E-state index in [1.165, 1.54) is 44.1 Å². The smallest absolute Gasteiger partial charge is 0.123 e. The largest absolute Gasteiger partial charge is 0.313 e. The quantitative estimate of drug-likeness (QED) is 0.867. The van der Waals surface area contributed by atoms with Gasteiger partial charge in [-0.25, -0.2) is 4.39 Å². The molecule has 0 radical (unpaired) electrons. The first kappa shape index (κ1) is 14.4. The van der Waals surface area contributed by atoms with Gasteiger partial charge in [0.05, 0.1) is 0 Å². The average Bonchev–Trinajstić information content (AvgIpc) is 2.88. The van der Waals surface area contributed by atoms with Crippen molar-refractivity contribution in [2.45, 2.75) is 55.2 Å². The summed E-state index contributed by atoms with van der Waals surface area (Å²) in [5.41, 5.74) is 1.30. The van der Waals surface area contributed by atoms with Crippen molar-refractivity contribution >= 4 is 11.8 Å². The fraction of sp³-hybridized carbons (Fsp3) is 0.647. The molecule has 0 aromatic heterocycles. The topological polar surface area (TPSA) is 12.0 Å². The van der Waals surface area contributed by atoms with Gasteiger partial charge in [-0.2, -0.15) is 11.8 Å². The van der Waals surface area contributed by atoms with E-state index < -0.39 is 0 Å². The molecule has 2 fully saturated rings. The molecular formula is C17H24FNS. The number of benzene rings is 1. The first-order valence-electron chi connectivity index (χ1n) is 7.75. The van der Waals surface area contributed by atoms with Crippen LogP contribution in [0.3, 0.4) is 0 Å². The van der Waals surface area contributed by atoms with Gasteiger partial charge in [0.2, 0.25) is 0 Å². The molecule has 1 aromatic rings. The summed E-state index contributed by atoms with van der Waals surface area (Å²) in [6.07, 6.45) is 10.2. The Morgan fingerprint density at radius 1 is 1.20 bits per heavy atom. The third kappa shape index (κ3) is 3.04. The number of nitrogens with one attached hydrogen (secondary N) is 1. The van der Waals surface area contributed by atoms with Gasteiger partial charge >= 0.3 is 0 Å². The number of hydrogen-bond acceptors (Lipinski definition) is 2. The van der Waals surface area contributed by atoms with Crippen LogP contribution in [0.4, 0.5) is 4.39 Å². The molecule has 1 aromatic carbocycles. The van der Waals surface area contributed by atoms with Gasteiger partial charge < -0.3 is 5.32 Å². The van der Waals surface area contributed by atoms with Crippen LogP contribution in [0.2, 0.25) is 0 Å². The van der Waals surface area contributed by atoms with Crippen LogP contribution < -0.4 is 5.32 Å². The van der Waals surface area contributed by atoms with Crippen molar-refractivity contribution in [3.8, 4) is 0 Å². The Bertz CT molecular complexity index is 433. The summed E-state index contributed by atoms with van der Waals surface area (Å²) in [4.78, 5) is 0. The highest BCUT2D eigenvalue weighted by Crippen LogP contribution is 2.41. The number of rotatable bonds is 5. The molecule has 2 saturated carbocycles. The monoisotopic (exact) mass is 293 g/mol. The van der Waals surface area contributed by atoms with Crippen LogP contribution in [-0.2, 0) is 0 Å². The molecule has 0 saturated heterocycles. The van der Waals surface area contributed by atoms with Crippen LogP contribution in [0.25, 0.3) is 0 Å². The number of hydrogen-bond donors (Lipinski definition) is 1.